The van der Waals surface area contributed by atoms with Gasteiger partial charge in [-0.05, 0) is 53.9 Å². The van der Waals surface area contributed by atoms with E-state index >= 15 is 0 Å². The van der Waals surface area contributed by atoms with Gasteiger partial charge in [-0.25, -0.2) is 0 Å². The van der Waals surface area contributed by atoms with Crippen LogP contribution in [0.25, 0.3) is 0 Å². The Hall–Kier alpha value is -0.740. The normalized spacial score (nSPS) is 12.3. The Labute approximate surface area is 111 Å². The van der Waals surface area contributed by atoms with Gasteiger partial charge in [0, 0.05) is 0 Å². The summed E-state index contributed by atoms with van der Waals surface area (Å²) in [6, 6.07) is 3.66. The number of rotatable bonds is 6. The number of hydrogen-bond acceptors (Lipinski definition) is 3. The van der Waals surface area contributed by atoms with Crippen molar-refractivity contribution in [2.75, 3.05) is 6.61 Å². The Kier molecular flexibility index (Phi) is 5.78. The first-order valence-corrected chi connectivity index (χ1v) is 6.64. The van der Waals surface area contributed by atoms with Crippen LogP contribution in [0.3, 0.4) is 0 Å². The zero-order chi connectivity index (χ0) is 12.8. The molecule has 1 unspecified atom stereocenters. The lowest BCUT2D eigenvalue weighted by atomic mass is 10.2. The molecule has 0 amide bonds. The van der Waals surface area contributed by atoms with Gasteiger partial charge in [-0.2, -0.15) is 0 Å². The Morgan fingerprint density at radius 2 is 2.06 bits per heavy atom. The molecule has 0 heterocycles. The van der Waals surface area contributed by atoms with Gasteiger partial charge in [-0.15, -0.1) is 0 Å². The van der Waals surface area contributed by atoms with Gasteiger partial charge in [-0.3, -0.25) is 0 Å². The molecule has 1 aromatic rings. The second kappa shape index (κ2) is 6.87. The fourth-order valence-electron chi connectivity index (χ4n) is 1.37. The standard InChI is InChI=1S/C13H19BrO3/c1-4-9(3)17-13-11(14)6-10(8-15)7-12(13)16-5-2/h6-7,9,15H,4-5,8H2,1-3H3. The van der Waals surface area contributed by atoms with Crippen LogP contribution in [0.4, 0.5) is 0 Å². The number of ether oxygens (including phenoxy) is 2. The maximum atomic E-state index is 9.16. The summed E-state index contributed by atoms with van der Waals surface area (Å²) in [4.78, 5) is 0. The maximum Gasteiger partial charge on any atom is 0.175 e. The summed E-state index contributed by atoms with van der Waals surface area (Å²) in [6.07, 6.45) is 1.06. The lowest BCUT2D eigenvalue weighted by Gasteiger charge is -2.18. The summed E-state index contributed by atoms with van der Waals surface area (Å²) in [5, 5.41) is 9.16. The molecule has 0 aliphatic heterocycles. The minimum atomic E-state index is -0.0116. The number of hydrogen-bond donors (Lipinski definition) is 1. The van der Waals surface area contributed by atoms with Crippen LogP contribution >= 0.6 is 15.9 Å². The van der Waals surface area contributed by atoms with Crippen molar-refractivity contribution < 1.29 is 14.6 Å². The SMILES string of the molecule is CCOc1cc(CO)cc(Br)c1OC(C)CC. The smallest absolute Gasteiger partial charge is 0.175 e. The second-order valence-corrected chi connectivity index (χ2v) is 4.69. The molecule has 0 aromatic heterocycles. The zero-order valence-corrected chi connectivity index (χ0v) is 12.1. The van der Waals surface area contributed by atoms with Crippen LogP contribution in [0.2, 0.25) is 0 Å². The fourth-order valence-corrected chi connectivity index (χ4v) is 1.96. The fraction of sp³-hybridized carbons (Fsp3) is 0.538. The lowest BCUT2D eigenvalue weighted by Crippen LogP contribution is -2.11. The highest BCUT2D eigenvalue weighted by atomic mass is 79.9. The van der Waals surface area contributed by atoms with Crippen LogP contribution in [-0.2, 0) is 6.61 Å². The van der Waals surface area contributed by atoms with Gasteiger partial charge in [0.25, 0.3) is 0 Å². The van der Waals surface area contributed by atoms with Crippen molar-refractivity contribution in [3.63, 3.8) is 0 Å². The lowest BCUT2D eigenvalue weighted by molar-refractivity contribution is 0.201. The molecular weight excluding hydrogens is 284 g/mol. The van der Waals surface area contributed by atoms with E-state index in [0.29, 0.717) is 18.1 Å². The molecular formula is C13H19BrO3. The minimum Gasteiger partial charge on any atom is -0.490 e. The molecule has 1 rings (SSSR count). The van der Waals surface area contributed by atoms with Crippen LogP contribution in [0, 0.1) is 0 Å². The van der Waals surface area contributed by atoms with Crippen molar-refractivity contribution in [2.24, 2.45) is 0 Å². The van der Waals surface area contributed by atoms with Gasteiger partial charge in [-0.1, -0.05) is 6.92 Å². The summed E-state index contributed by atoms with van der Waals surface area (Å²) in [6.45, 7) is 6.57. The Balaban J connectivity index is 3.07. The monoisotopic (exact) mass is 302 g/mol. The van der Waals surface area contributed by atoms with Crippen LogP contribution in [-0.4, -0.2) is 17.8 Å². The van der Waals surface area contributed by atoms with E-state index in [1.807, 2.05) is 26.0 Å². The van der Waals surface area contributed by atoms with E-state index in [1.54, 1.807) is 0 Å². The molecule has 96 valence electrons. The Bertz CT molecular complexity index is 366. The molecule has 0 bridgehead atoms. The molecule has 1 N–H and O–H groups in total. The highest BCUT2D eigenvalue weighted by Gasteiger charge is 2.14. The number of halogens is 1. The molecule has 1 aromatic carbocycles. The van der Waals surface area contributed by atoms with Gasteiger partial charge in [0.2, 0.25) is 0 Å². The van der Waals surface area contributed by atoms with Crippen LogP contribution in [0.1, 0.15) is 32.8 Å². The van der Waals surface area contributed by atoms with E-state index < -0.39 is 0 Å². The quantitative estimate of drug-likeness (QED) is 0.874. The Morgan fingerprint density at radius 3 is 2.59 bits per heavy atom. The van der Waals surface area contributed by atoms with E-state index in [2.05, 4.69) is 22.9 Å². The van der Waals surface area contributed by atoms with Crippen molar-refractivity contribution >= 4 is 15.9 Å². The highest BCUT2D eigenvalue weighted by molar-refractivity contribution is 9.10. The molecule has 0 aliphatic carbocycles. The first-order valence-electron chi connectivity index (χ1n) is 5.85. The van der Waals surface area contributed by atoms with E-state index in [-0.39, 0.29) is 12.7 Å². The van der Waals surface area contributed by atoms with Crippen molar-refractivity contribution in [3.05, 3.63) is 22.2 Å². The van der Waals surface area contributed by atoms with E-state index in [9.17, 15) is 0 Å². The molecule has 0 aliphatic rings. The summed E-state index contributed by atoms with van der Waals surface area (Å²) < 4.78 is 12.2. The van der Waals surface area contributed by atoms with Gasteiger partial charge in [0.05, 0.1) is 23.8 Å². The second-order valence-electron chi connectivity index (χ2n) is 3.83. The van der Waals surface area contributed by atoms with Crippen LogP contribution < -0.4 is 9.47 Å². The van der Waals surface area contributed by atoms with E-state index in [0.717, 1.165) is 16.5 Å². The van der Waals surface area contributed by atoms with Gasteiger partial charge in [0.15, 0.2) is 11.5 Å². The maximum absolute atomic E-state index is 9.16. The first-order chi connectivity index (χ1) is 8.12. The molecule has 4 heteroatoms. The van der Waals surface area contributed by atoms with Crippen LogP contribution in [0.5, 0.6) is 11.5 Å². The molecule has 0 spiro atoms. The molecule has 0 fully saturated rings. The molecule has 0 saturated heterocycles. The third-order valence-corrected chi connectivity index (χ3v) is 3.03. The number of aliphatic hydroxyl groups is 1. The average molecular weight is 303 g/mol. The van der Waals surface area contributed by atoms with Gasteiger partial charge in [0.1, 0.15) is 0 Å². The predicted molar refractivity (Wildman–Crippen MR) is 71.6 cm³/mol. The molecule has 1 atom stereocenters. The molecule has 17 heavy (non-hydrogen) atoms. The predicted octanol–water partition coefficient (Wildman–Crippen LogP) is 3.52. The van der Waals surface area contributed by atoms with Gasteiger partial charge >= 0.3 is 0 Å². The summed E-state index contributed by atoms with van der Waals surface area (Å²) in [5.41, 5.74) is 0.803. The van der Waals surface area contributed by atoms with E-state index in [4.69, 9.17) is 14.6 Å². The number of aliphatic hydroxyl groups excluding tert-OH is 1. The van der Waals surface area contributed by atoms with Crippen molar-refractivity contribution in [1.29, 1.82) is 0 Å². The van der Waals surface area contributed by atoms with Crippen molar-refractivity contribution in [3.8, 4) is 11.5 Å². The third-order valence-electron chi connectivity index (χ3n) is 2.45. The summed E-state index contributed by atoms with van der Waals surface area (Å²) in [7, 11) is 0. The third kappa shape index (κ3) is 3.89. The first kappa shape index (κ1) is 14.3. The van der Waals surface area contributed by atoms with Crippen molar-refractivity contribution in [1.82, 2.24) is 0 Å². The average Bonchev–Trinajstić information content (AvgIpc) is 2.33. The van der Waals surface area contributed by atoms with Crippen LogP contribution in [0.15, 0.2) is 16.6 Å². The summed E-state index contributed by atoms with van der Waals surface area (Å²) in [5.74, 6) is 1.38. The highest BCUT2D eigenvalue weighted by Crippen LogP contribution is 2.37. The van der Waals surface area contributed by atoms with Gasteiger partial charge < -0.3 is 14.6 Å². The molecule has 0 saturated carbocycles. The van der Waals surface area contributed by atoms with Crippen molar-refractivity contribution in [2.45, 2.75) is 39.9 Å². The minimum absolute atomic E-state index is 0.0116. The topological polar surface area (TPSA) is 38.7 Å². The largest absolute Gasteiger partial charge is 0.490 e. The molecule has 3 nitrogen and oxygen atoms in total. The summed E-state index contributed by atoms with van der Waals surface area (Å²) >= 11 is 3.45. The number of benzene rings is 1. The Morgan fingerprint density at radius 1 is 1.35 bits per heavy atom. The molecule has 0 radical (unpaired) electrons. The van der Waals surface area contributed by atoms with E-state index in [1.165, 1.54) is 0 Å². The zero-order valence-electron chi connectivity index (χ0n) is 10.5.